The predicted octanol–water partition coefficient (Wildman–Crippen LogP) is 4.12. The summed E-state index contributed by atoms with van der Waals surface area (Å²) >= 11 is 12.2. The van der Waals surface area contributed by atoms with E-state index >= 15 is 0 Å². The van der Waals surface area contributed by atoms with Crippen LogP contribution in [-0.4, -0.2) is 10.2 Å². The van der Waals surface area contributed by atoms with Crippen LogP contribution in [-0.2, 0) is 0 Å². The number of H-pyrrole nitrogens is 1. The summed E-state index contributed by atoms with van der Waals surface area (Å²) in [7, 11) is 0. The van der Waals surface area contributed by atoms with E-state index in [1.165, 1.54) is 0 Å². The quantitative estimate of drug-likeness (QED) is 0.658. The van der Waals surface area contributed by atoms with Crippen molar-refractivity contribution in [3.05, 3.63) is 46.4 Å². The third-order valence-corrected chi connectivity index (χ3v) is 3.34. The van der Waals surface area contributed by atoms with Gasteiger partial charge in [0.05, 0.1) is 10.5 Å². The first-order valence-electron chi connectivity index (χ1n) is 5.34. The molecule has 0 aliphatic carbocycles. The van der Waals surface area contributed by atoms with Crippen LogP contribution >= 0.6 is 23.2 Å². The molecule has 18 heavy (non-hydrogen) atoms. The van der Waals surface area contributed by atoms with Gasteiger partial charge in [-0.1, -0.05) is 23.2 Å². The Morgan fingerprint density at radius 2 is 1.89 bits per heavy atom. The number of aromatic nitrogens is 2. The van der Waals surface area contributed by atoms with Crippen molar-refractivity contribution >= 4 is 39.8 Å². The molecule has 3 aromatic rings. The fourth-order valence-electron chi connectivity index (χ4n) is 1.92. The highest BCUT2D eigenvalue weighted by molar-refractivity contribution is 6.35. The van der Waals surface area contributed by atoms with Crippen molar-refractivity contribution in [2.45, 2.75) is 0 Å². The average molecular weight is 278 g/mol. The van der Waals surface area contributed by atoms with Gasteiger partial charge in [0, 0.05) is 21.7 Å². The molecule has 0 aliphatic rings. The molecule has 5 heteroatoms. The lowest BCUT2D eigenvalue weighted by molar-refractivity contribution is 1.12. The van der Waals surface area contributed by atoms with Crippen LogP contribution in [0.25, 0.3) is 22.2 Å². The maximum absolute atomic E-state index is 6.18. The number of nitrogens with one attached hydrogen (secondary N) is 1. The van der Waals surface area contributed by atoms with Crippen molar-refractivity contribution in [1.29, 1.82) is 0 Å². The molecule has 0 spiro atoms. The Morgan fingerprint density at radius 3 is 2.72 bits per heavy atom. The van der Waals surface area contributed by atoms with Gasteiger partial charge < -0.3 is 5.73 Å². The van der Waals surface area contributed by atoms with E-state index in [1.807, 2.05) is 18.2 Å². The van der Waals surface area contributed by atoms with E-state index in [0.29, 0.717) is 15.7 Å². The molecule has 0 aliphatic heterocycles. The van der Waals surface area contributed by atoms with Crippen molar-refractivity contribution in [2.24, 2.45) is 0 Å². The minimum atomic E-state index is 0.615. The van der Waals surface area contributed by atoms with Crippen LogP contribution in [0.3, 0.4) is 0 Å². The standard InChI is InChI=1S/C13H9Cl2N3/c14-7-1-4-11(15)10(5-7)13-9-3-2-8(16)6-12(9)17-18-13/h1-6H,16H2,(H,17,18). The van der Waals surface area contributed by atoms with Gasteiger partial charge in [-0.3, -0.25) is 5.10 Å². The molecule has 0 radical (unpaired) electrons. The van der Waals surface area contributed by atoms with Crippen LogP contribution in [0.15, 0.2) is 36.4 Å². The first-order valence-corrected chi connectivity index (χ1v) is 6.10. The molecule has 0 atom stereocenters. The normalized spacial score (nSPS) is 11.0. The lowest BCUT2D eigenvalue weighted by Gasteiger charge is -2.02. The minimum absolute atomic E-state index is 0.615. The van der Waals surface area contributed by atoms with Crippen LogP contribution in [0.2, 0.25) is 10.0 Å². The number of rotatable bonds is 1. The molecule has 0 bridgehead atoms. The number of aromatic amines is 1. The zero-order valence-electron chi connectivity index (χ0n) is 9.24. The molecule has 0 fully saturated rings. The van der Waals surface area contributed by atoms with E-state index in [1.54, 1.807) is 18.2 Å². The van der Waals surface area contributed by atoms with Gasteiger partial charge in [0.1, 0.15) is 5.69 Å². The fourth-order valence-corrected chi connectivity index (χ4v) is 2.30. The van der Waals surface area contributed by atoms with Gasteiger partial charge in [-0.05, 0) is 36.4 Å². The van der Waals surface area contributed by atoms with Crippen LogP contribution in [0, 0.1) is 0 Å². The second kappa shape index (κ2) is 4.19. The maximum atomic E-state index is 6.18. The highest BCUT2D eigenvalue weighted by atomic mass is 35.5. The largest absolute Gasteiger partial charge is 0.399 e. The van der Waals surface area contributed by atoms with Gasteiger partial charge in [0.25, 0.3) is 0 Å². The number of halogens is 2. The van der Waals surface area contributed by atoms with E-state index in [2.05, 4.69) is 10.2 Å². The summed E-state index contributed by atoms with van der Waals surface area (Å²) < 4.78 is 0. The van der Waals surface area contributed by atoms with E-state index < -0.39 is 0 Å². The Balaban J connectivity index is 2.28. The van der Waals surface area contributed by atoms with Crippen LogP contribution in [0.5, 0.6) is 0 Å². The molecule has 2 aromatic carbocycles. The lowest BCUT2D eigenvalue weighted by atomic mass is 10.1. The number of fused-ring (bicyclic) bond motifs is 1. The molecule has 1 heterocycles. The van der Waals surface area contributed by atoms with E-state index in [0.717, 1.165) is 22.2 Å². The lowest BCUT2D eigenvalue weighted by Crippen LogP contribution is -1.83. The van der Waals surface area contributed by atoms with Crippen LogP contribution in [0.1, 0.15) is 0 Å². The average Bonchev–Trinajstić information content (AvgIpc) is 2.75. The number of benzene rings is 2. The zero-order valence-corrected chi connectivity index (χ0v) is 10.8. The predicted molar refractivity (Wildman–Crippen MR) is 76.0 cm³/mol. The Hall–Kier alpha value is -1.71. The van der Waals surface area contributed by atoms with Crippen molar-refractivity contribution in [2.75, 3.05) is 5.73 Å². The molecule has 1 aromatic heterocycles. The topological polar surface area (TPSA) is 54.7 Å². The number of nitrogens with zero attached hydrogens (tertiary/aromatic N) is 1. The fraction of sp³-hybridized carbons (Fsp3) is 0. The van der Waals surface area contributed by atoms with E-state index in [4.69, 9.17) is 28.9 Å². The van der Waals surface area contributed by atoms with E-state index in [-0.39, 0.29) is 0 Å². The Bertz CT molecular complexity index is 734. The number of nitrogen functional groups attached to an aromatic ring is 1. The summed E-state index contributed by atoms with van der Waals surface area (Å²) in [4.78, 5) is 0. The molecule has 3 nitrogen and oxygen atoms in total. The molecule has 0 amide bonds. The smallest absolute Gasteiger partial charge is 0.101 e. The SMILES string of the molecule is Nc1ccc2c(-c3cc(Cl)ccc3Cl)n[nH]c2c1. The van der Waals surface area contributed by atoms with Gasteiger partial charge in [0.2, 0.25) is 0 Å². The third kappa shape index (κ3) is 1.82. The van der Waals surface area contributed by atoms with Crippen molar-refractivity contribution in [1.82, 2.24) is 10.2 Å². The number of nitrogens with two attached hydrogens (primary N) is 1. The number of hydrogen-bond acceptors (Lipinski definition) is 2. The second-order valence-corrected chi connectivity index (χ2v) is 4.85. The Kier molecular flexibility index (Phi) is 2.65. The van der Waals surface area contributed by atoms with Gasteiger partial charge in [-0.25, -0.2) is 0 Å². The molecule has 3 N–H and O–H groups in total. The molecule has 0 unspecified atom stereocenters. The van der Waals surface area contributed by atoms with E-state index in [9.17, 15) is 0 Å². The minimum Gasteiger partial charge on any atom is -0.399 e. The zero-order chi connectivity index (χ0) is 12.7. The molecule has 0 saturated carbocycles. The molecule has 90 valence electrons. The maximum Gasteiger partial charge on any atom is 0.101 e. The summed E-state index contributed by atoms with van der Waals surface area (Å²) in [5, 5.41) is 9.43. The molecule has 0 saturated heterocycles. The third-order valence-electron chi connectivity index (χ3n) is 2.77. The van der Waals surface area contributed by atoms with Crippen molar-refractivity contribution in [3.63, 3.8) is 0 Å². The van der Waals surface area contributed by atoms with Crippen LogP contribution in [0.4, 0.5) is 5.69 Å². The van der Waals surface area contributed by atoms with Gasteiger partial charge in [-0.15, -0.1) is 0 Å². The summed E-state index contributed by atoms with van der Waals surface area (Å²) in [5.74, 6) is 0. The summed E-state index contributed by atoms with van der Waals surface area (Å²) in [5.41, 5.74) is 8.88. The summed E-state index contributed by atoms with van der Waals surface area (Å²) in [6, 6.07) is 10.9. The second-order valence-electron chi connectivity index (χ2n) is 4.00. The Morgan fingerprint density at radius 1 is 1.06 bits per heavy atom. The van der Waals surface area contributed by atoms with Gasteiger partial charge in [-0.2, -0.15) is 5.10 Å². The summed E-state index contributed by atoms with van der Waals surface area (Å²) in [6.07, 6.45) is 0. The van der Waals surface area contributed by atoms with Gasteiger partial charge in [0.15, 0.2) is 0 Å². The monoisotopic (exact) mass is 277 g/mol. The Labute approximate surface area is 114 Å². The van der Waals surface area contributed by atoms with Crippen LogP contribution < -0.4 is 5.73 Å². The number of anilines is 1. The van der Waals surface area contributed by atoms with Gasteiger partial charge >= 0.3 is 0 Å². The van der Waals surface area contributed by atoms with Crippen molar-refractivity contribution < 1.29 is 0 Å². The number of hydrogen-bond donors (Lipinski definition) is 2. The van der Waals surface area contributed by atoms with Crippen molar-refractivity contribution in [3.8, 4) is 11.3 Å². The highest BCUT2D eigenvalue weighted by Crippen LogP contribution is 2.34. The molecule has 3 rings (SSSR count). The molecular weight excluding hydrogens is 269 g/mol. The summed E-state index contributed by atoms with van der Waals surface area (Å²) in [6.45, 7) is 0. The highest BCUT2D eigenvalue weighted by Gasteiger charge is 2.11. The first kappa shape index (κ1) is 11.4. The first-order chi connectivity index (χ1) is 8.65. The molecular formula is C13H9Cl2N3.